The van der Waals surface area contributed by atoms with E-state index < -0.39 is 5.97 Å². The number of morpholine rings is 1. The highest BCUT2D eigenvalue weighted by Crippen LogP contribution is 2.23. The number of carbonyl (C=O) groups is 1. The molecule has 0 unspecified atom stereocenters. The molecule has 110 valence electrons. The molecule has 20 heavy (non-hydrogen) atoms. The van der Waals surface area contributed by atoms with Gasteiger partial charge in [-0.1, -0.05) is 13.3 Å². The van der Waals surface area contributed by atoms with Crippen LogP contribution in [0.3, 0.4) is 0 Å². The first-order valence-electron chi connectivity index (χ1n) is 6.88. The van der Waals surface area contributed by atoms with Crippen LogP contribution >= 0.6 is 11.3 Å². The summed E-state index contributed by atoms with van der Waals surface area (Å²) < 4.78 is 5.33. The first-order chi connectivity index (χ1) is 9.69. The van der Waals surface area contributed by atoms with E-state index in [0.29, 0.717) is 0 Å². The zero-order valence-electron chi connectivity index (χ0n) is 11.7. The molecule has 1 N–H and O–H groups in total. The van der Waals surface area contributed by atoms with Gasteiger partial charge in [0.15, 0.2) is 0 Å². The summed E-state index contributed by atoms with van der Waals surface area (Å²) >= 11 is 1.59. The molecule has 1 fully saturated rings. The lowest BCUT2D eigenvalue weighted by Crippen LogP contribution is -2.35. The number of thiazole rings is 1. The number of ether oxygens (including phenoxy) is 1. The van der Waals surface area contributed by atoms with Gasteiger partial charge in [-0.3, -0.25) is 4.90 Å². The van der Waals surface area contributed by atoms with Crippen LogP contribution in [0.5, 0.6) is 0 Å². The van der Waals surface area contributed by atoms with Crippen molar-refractivity contribution in [2.24, 2.45) is 0 Å². The highest BCUT2D eigenvalue weighted by molar-refractivity contribution is 7.12. The highest BCUT2D eigenvalue weighted by Gasteiger charge is 2.15. The monoisotopic (exact) mass is 296 g/mol. The fourth-order valence-corrected chi connectivity index (χ4v) is 3.18. The maximum absolute atomic E-state index is 10.6. The zero-order valence-corrected chi connectivity index (χ0v) is 12.5. The van der Waals surface area contributed by atoms with Gasteiger partial charge in [0.25, 0.3) is 0 Å². The Balaban J connectivity index is 2.08. The van der Waals surface area contributed by atoms with Crippen LogP contribution in [0, 0.1) is 0 Å². The van der Waals surface area contributed by atoms with Crippen LogP contribution in [0.25, 0.3) is 6.08 Å². The number of carboxylic acid groups (broad SMARTS) is 1. The molecule has 0 radical (unpaired) electrons. The lowest BCUT2D eigenvalue weighted by molar-refractivity contribution is -0.131. The molecule has 6 heteroatoms. The number of aromatic nitrogens is 1. The van der Waals surface area contributed by atoms with Gasteiger partial charge in [0.1, 0.15) is 5.01 Å². The Labute approximate surface area is 122 Å². The van der Waals surface area contributed by atoms with E-state index in [-0.39, 0.29) is 0 Å². The van der Waals surface area contributed by atoms with Crippen molar-refractivity contribution in [3.63, 3.8) is 0 Å². The van der Waals surface area contributed by atoms with E-state index in [4.69, 9.17) is 9.84 Å². The zero-order chi connectivity index (χ0) is 14.4. The standard InChI is InChI=1S/C14H20N2O3S/c1-2-3-11-12(4-5-14(17)18)20-13(15-11)10-16-6-8-19-9-7-16/h4-5H,2-3,6-10H2,1H3,(H,17,18)/b5-4+. The Kier molecular flexibility index (Phi) is 5.70. The van der Waals surface area contributed by atoms with E-state index in [9.17, 15) is 4.79 Å². The molecule has 0 spiro atoms. The van der Waals surface area contributed by atoms with Crippen LogP contribution < -0.4 is 0 Å². The Hall–Kier alpha value is -1.24. The molecule has 0 atom stereocenters. The Morgan fingerprint density at radius 1 is 1.50 bits per heavy atom. The fourth-order valence-electron chi connectivity index (χ4n) is 2.13. The van der Waals surface area contributed by atoms with Gasteiger partial charge < -0.3 is 9.84 Å². The average Bonchev–Trinajstić information content (AvgIpc) is 2.80. The molecule has 0 aliphatic carbocycles. The van der Waals surface area contributed by atoms with Crippen molar-refractivity contribution < 1.29 is 14.6 Å². The number of hydrogen-bond donors (Lipinski definition) is 1. The maximum Gasteiger partial charge on any atom is 0.328 e. The smallest absolute Gasteiger partial charge is 0.328 e. The second-order valence-electron chi connectivity index (χ2n) is 4.73. The SMILES string of the molecule is CCCc1nc(CN2CCOCC2)sc1/C=C/C(=O)O. The molecule has 1 aromatic rings. The Morgan fingerprint density at radius 3 is 2.90 bits per heavy atom. The molecule has 1 saturated heterocycles. The summed E-state index contributed by atoms with van der Waals surface area (Å²) in [6.45, 7) is 6.35. The number of hydrogen-bond acceptors (Lipinski definition) is 5. The van der Waals surface area contributed by atoms with Crippen LogP contribution in [0.4, 0.5) is 0 Å². The van der Waals surface area contributed by atoms with Crippen LogP contribution in [0.15, 0.2) is 6.08 Å². The predicted octanol–water partition coefficient (Wildman–Crippen LogP) is 2.03. The highest BCUT2D eigenvalue weighted by atomic mass is 32.1. The van der Waals surface area contributed by atoms with E-state index >= 15 is 0 Å². The molecule has 1 aromatic heterocycles. The topological polar surface area (TPSA) is 62.7 Å². The van der Waals surface area contributed by atoms with Gasteiger partial charge in [-0.15, -0.1) is 11.3 Å². The van der Waals surface area contributed by atoms with Crippen molar-refractivity contribution in [3.8, 4) is 0 Å². The summed E-state index contributed by atoms with van der Waals surface area (Å²) in [5, 5.41) is 9.79. The third-order valence-electron chi connectivity index (χ3n) is 3.10. The van der Waals surface area contributed by atoms with Gasteiger partial charge in [0.2, 0.25) is 0 Å². The second-order valence-corrected chi connectivity index (χ2v) is 5.84. The van der Waals surface area contributed by atoms with E-state index in [1.807, 2.05) is 0 Å². The second kappa shape index (κ2) is 7.52. The molecule has 1 aliphatic heterocycles. The number of aryl methyl sites for hydroxylation is 1. The van der Waals surface area contributed by atoms with Crippen LogP contribution in [-0.2, 0) is 22.5 Å². The molecule has 1 aliphatic rings. The lowest BCUT2D eigenvalue weighted by Gasteiger charge is -2.25. The summed E-state index contributed by atoms with van der Waals surface area (Å²) in [6, 6.07) is 0. The molecule has 5 nitrogen and oxygen atoms in total. The molecule has 2 rings (SSSR count). The largest absolute Gasteiger partial charge is 0.478 e. The average molecular weight is 296 g/mol. The molecule has 0 bridgehead atoms. The summed E-state index contributed by atoms with van der Waals surface area (Å²) in [7, 11) is 0. The first-order valence-corrected chi connectivity index (χ1v) is 7.70. The van der Waals surface area contributed by atoms with Gasteiger partial charge in [-0.2, -0.15) is 0 Å². The van der Waals surface area contributed by atoms with Gasteiger partial charge in [0.05, 0.1) is 30.3 Å². The molecule has 0 saturated carbocycles. The number of nitrogens with zero attached hydrogens (tertiary/aromatic N) is 2. The molecule has 2 heterocycles. The van der Waals surface area contributed by atoms with Crippen molar-refractivity contribution in [2.45, 2.75) is 26.3 Å². The van der Waals surface area contributed by atoms with Gasteiger partial charge in [0, 0.05) is 19.2 Å². The van der Waals surface area contributed by atoms with Crippen molar-refractivity contribution in [1.29, 1.82) is 0 Å². The quantitative estimate of drug-likeness (QED) is 0.814. The third kappa shape index (κ3) is 4.40. The van der Waals surface area contributed by atoms with Gasteiger partial charge in [-0.25, -0.2) is 9.78 Å². The summed E-state index contributed by atoms with van der Waals surface area (Å²) in [6.07, 6.45) is 4.74. The van der Waals surface area contributed by atoms with Crippen molar-refractivity contribution in [1.82, 2.24) is 9.88 Å². The molecule has 0 amide bonds. The van der Waals surface area contributed by atoms with E-state index in [1.54, 1.807) is 17.4 Å². The van der Waals surface area contributed by atoms with E-state index in [0.717, 1.165) is 61.3 Å². The fraction of sp³-hybridized carbons (Fsp3) is 0.571. The Morgan fingerprint density at radius 2 is 2.25 bits per heavy atom. The number of carboxylic acids is 1. The summed E-state index contributed by atoms with van der Waals surface area (Å²) in [4.78, 5) is 18.6. The summed E-state index contributed by atoms with van der Waals surface area (Å²) in [5.41, 5.74) is 1.01. The number of aliphatic carboxylic acids is 1. The van der Waals surface area contributed by atoms with Crippen LogP contribution in [0.2, 0.25) is 0 Å². The number of rotatable bonds is 6. The lowest BCUT2D eigenvalue weighted by atomic mass is 10.2. The van der Waals surface area contributed by atoms with Gasteiger partial charge in [-0.05, 0) is 12.5 Å². The molecular weight excluding hydrogens is 276 g/mol. The van der Waals surface area contributed by atoms with E-state index in [2.05, 4.69) is 16.8 Å². The maximum atomic E-state index is 10.6. The van der Waals surface area contributed by atoms with Crippen molar-refractivity contribution in [3.05, 3.63) is 21.7 Å². The first kappa shape index (κ1) is 15.2. The van der Waals surface area contributed by atoms with Crippen LogP contribution in [-0.4, -0.2) is 47.3 Å². The van der Waals surface area contributed by atoms with Gasteiger partial charge >= 0.3 is 5.97 Å². The van der Waals surface area contributed by atoms with Crippen molar-refractivity contribution >= 4 is 23.4 Å². The molecule has 0 aromatic carbocycles. The van der Waals surface area contributed by atoms with Crippen molar-refractivity contribution in [2.75, 3.05) is 26.3 Å². The molecular formula is C14H20N2O3S. The van der Waals surface area contributed by atoms with Crippen LogP contribution in [0.1, 0.15) is 28.9 Å². The minimum Gasteiger partial charge on any atom is -0.478 e. The third-order valence-corrected chi connectivity index (χ3v) is 4.15. The normalized spacial score (nSPS) is 16.9. The van der Waals surface area contributed by atoms with E-state index in [1.165, 1.54) is 6.08 Å². The summed E-state index contributed by atoms with van der Waals surface area (Å²) in [5.74, 6) is -0.921. The minimum atomic E-state index is -0.921. The Bertz CT molecular complexity index is 479. The minimum absolute atomic E-state index is 0.777. The predicted molar refractivity (Wildman–Crippen MR) is 78.9 cm³/mol.